The average molecular weight is 874 g/mol. The van der Waals surface area contributed by atoms with Crippen LogP contribution in [-0.4, -0.2) is 123 Å². The van der Waals surface area contributed by atoms with Gasteiger partial charge in [-0.3, -0.25) is 32.5 Å². The van der Waals surface area contributed by atoms with Crippen LogP contribution in [0.2, 0.25) is 0 Å². The number of ether oxygens (including phenoxy) is 1. The summed E-state index contributed by atoms with van der Waals surface area (Å²) in [6.45, 7) is 0.496. The second kappa shape index (κ2) is 19.2. The fourth-order valence-electron chi connectivity index (χ4n) is 5.13. The summed E-state index contributed by atoms with van der Waals surface area (Å²) in [6.07, 6.45) is 0.0720. The number of fused-ring (bicyclic) bond motifs is 1. The maximum atomic E-state index is 12.7. The van der Waals surface area contributed by atoms with Crippen molar-refractivity contribution in [2.75, 3.05) is 37.8 Å². The number of aliphatic hydroxyl groups excluding tert-OH is 2. The van der Waals surface area contributed by atoms with Gasteiger partial charge in [0.15, 0.2) is 17.7 Å². The number of imidazole rings is 1. The summed E-state index contributed by atoms with van der Waals surface area (Å²) < 4.78 is 62.1. The summed E-state index contributed by atoms with van der Waals surface area (Å²) in [5.74, 6) is -1.11. The number of phosphoric ester groups is 3. The fourth-order valence-corrected chi connectivity index (χ4v) is 8.70. The van der Waals surface area contributed by atoms with Crippen molar-refractivity contribution < 1.29 is 80.5 Å². The molecule has 7 unspecified atom stereocenters. The van der Waals surface area contributed by atoms with Gasteiger partial charge in [0.2, 0.25) is 16.9 Å². The number of nitrogen functional groups attached to an aromatic ring is 1. The van der Waals surface area contributed by atoms with Crippen LogP contribution in [-0.2, 0) is 50.7 Å². The number of hydrogen-bond acceptors (Lipinski definition) is 18. The Morgan fingerprint density at radius 2 is 1.79 bits per heavy atom. The van der Waals surface area contributed by atoms with Crippen LogP contribution in [0.5, 0.6) is 0 Å². The van der Waals surface area contributed by atoms with E-state index in [0.29, 0.717) is 24.2 Å². The first kappa shape index (κ1) is 45.7. The molecule has 1 aliphatic carbocycles. The van der Waals surface area contributed by atoms with Crippen molar-refractivity contribution in [2.24, 2.45) is 5.41 Å². The number of amides is 2. The molecule has 312 valence electrons. The summed E-state index contributed by atoms with van der Waals surface area (Å²) in [7, 11) is -16.4. The fraction of sp³-hybridized carbons (Fsp3) is 0.571. The van der Waals surface area contributed by atoms with E-state index in [-0.39, 0.29) is 41.6 Å². The van der Waals surface area contributed by atoms with Gasteiger partial charge in [-0.05, 0) is 12.8 Å². The zero-order valence-electron chi connectivity index (χ0n) is 29.7. The standard InChI is InChI=1S/C28H42N7O17P3S/c1-28(2,22(38)25(39)31-9-8-18(36)30-10-11-56-27(40)16-6-4-3-5-7-16)13-49-55(46,47)52-54(44,45)48-12-17-21(51-53(41,42)43)20(37)26(50-17)35-15-34-19-23(29)32-14-33-24(19)35/h3-4,7,14-15,17,20-22,26,37-38H,5-6,8-13H2,1-2H3,(H,30,36)(H,31,39)(H,44,45)(H,46,47)(H2,29,32,33)(H2,41,42,43). The highest BCUT2D eigenvalue weighted by Crippen LogP contribution is 2.61. The van der Waals surface area contributed by atoms with Crippen molar-refractivity contribution >= 4 is 69.1 Å². The molecule has 3 heterocycles. The van der Waals surface area contributed by atoms with Crippen molar-refractivity contribution in [3.63, 3.8) is 0 Å². The summed E-state index contributed by atoms with van der Waals surface area (Å²) in [4.78, 5) is 87.8. The lowest BCUT2D eigenvalue weighted by molar-refractivity contribution is -0.137. The van der Waals surface area contributed by atoms with E-state index in [0.717, 1.165) is 29.0 Å². The van der Waals surface area contributed by atoms with E-state index in [1.165, 1.54) is 13.8 Å². The predicted molar refractivity (Wildman–Crippen MR) is 194 cm³/mol. The Labute approximate surface area is 322 Å². The van der Waals surface area contributed by atoms with E-state index in [4.69, 9.17) is 19.5 Å². The predicted octanol–water partition coefficient (Wildman–Crippen LogP) is -0.0589. The molecule has 2 amide bonds. The van der Waals surface area contributed by atoms with Gasteiger partial charge >= 0.3 is 23.5 Å². The third-order valence-corrected chi connectivity index (χ3v) is 12.0. The second-order valence-corrected chi connectivity index (χ2v) is 18.1. The highest BCUT2D eigenvalue weighted by Gasteiger charge is 2.50. The van der Waals surface area contributed by atoms with Crippen LogP contribution in [0.15, 0.2) is 36.5 Å². The Balaban J connectivity index is 1.23. The maximum Gasteiger partial charge on any atom is 0.481 e. The molecule has 0 saturated carbocycles. The number of rotatable bonds is 20. The Bertz CT molecular complexity index is 1960. The molecule has 2 aliphatic rings. The molecule has 0 aromatic carbocycles. The first-order valence-electron chi connectivity index (χ1n) is 16.5. The highest BCUT2D eigenvalue weighted by molar-refractivity contribution is 8.14. The smallest absolute Gasteiger partial charge is 0.386 e. The van der Waals surface area contributed by atoms with Crippen molar-refractivity contribution in [2.45, 2.75) is 63.8 Å². The van der Waals surface area contributed by atoms with Gasteiger partial charge in [-0.25, -0.2) is 28.6 Å². The molecule has 0 spiro atoms. The topological polar surface area (TPSA) is 364 Å². The lowest BCUT2D eigenvalue weighted by atomic mass is 9.87. The van der Waals surface area contributed by atoms with Crippen molar-refractivity contribution in [1.82, 2.24) is 30.2 Å². The first-order chi connectivity index (χ1) is 26.1. The van der Waals surface area contributed by atoms with E-state index in [1.54, 1.807) is 0 Å². The minimum Gasteiger partial charge on any atom is -0.386 e. The summed E-state index contributed by atoms with van der Waals surface area (Å²) in [5.41, 5.74) is 4.97. The van der Waals surface area contributed by atoms with Crippen LogP contribution >= 0.6 is 35.2 Å². The summed E-state index contributed by atoms with van der Waals surface area (Å²) in [6, 6.07) is 0. The molecule has 7 atom stereocenters. The van der Waals surface area contributed by atoms with Gasteiger partial charge in [0, 0.05) is 36.3 Å². The number of anilines is 1. The summed E-state index contributed by atoms with van der Waals surface area (Å²) in [5, 5.41) is 26.3. The molecule has 1 aliphatic heterocycles. The van der Waals surface area contributed by atoms with E-state index < -0.39 is 84.6 Å². The van der Waals surface area contributed by atoms with Crippen LogP contribution in [0.4, 0.5) is 5.82 Å². The number of carbonyl (C=O) groups excluding carboxylic acids is 3. The number of aromatic nitrogens is 4. The second-order valence-electron chi connectivity index (χ2n) is 12.8. The molecule has 1 saturated heterocycles. The normalized spacial score (nSPS) is 22.9. The molecule has 28 heteroatoms. The van der Waals surface area contributed by atoms with Crippen LogP contribution in [0, 0.1) is 5.41 Å². The lowest BCUT2D eigenvalue weighted by Crippen LogP contribution is -2.46. The largest absolute Gasteiger partial charge is 0.481 e. The van der Waals surface area contributed by atoms with Crippen LogP contribution in [0.3, 0.4) is 0 Å². The number of nitrogens with zero attached hydrogens (tertiary/aromatic N) is 4. The molecule has 10 N–H and O–H groups in total. The Morgan fingerprint density at radius 3 is 2.46 bits per heavy atom. The molecule has 0 bridgehead atoms. The Morgan fingerprint density at radius 1 is 1.07 bits per heavy atom. The summed E-state index contributed by atoms with van der Waals surface area (Å²) >= 11 is 1.07. The lowest BCUT2D eigenvalue weighted by Gasteiger charge is -2.30. The van der Waals surface area contributed by atoms with Crippen LogP contribution < -0.4 is 16.4 Å². The van der Waals surface area contributed by atoms with Crippen molar-refractivity contribution in [3.05, 3.63) is 36.5 Å². The van der Waals surface area contributed by atoms with Gasteiger partial charge in [-0.1, -0.05) is 43.8 Å². The maximum absolute atomic E-state index is 12.7. The minimum absolute atomic E-state index is 0.0306. The molecular weight excluding hydrogens is 831 g/mol. The molecule has 4 rings (SSSR count). The van der Waals surface area contributed by atoms with E-state index in [2.05, 4.69) is 34.4 Å². The quantitative estimate of drug-likeness (QED) is 0.0478. The number of phosphoric acid groups is 3. The van der Waals surface area contributed by atoms with Crippen LogP contribution in [0.1, 0.15) is 39.3 Å². The molecule has 0 radical (unpaired) electrons. The number of nitrogens with one attached hydrogen (secondary N) is 2. The molecule has 2 aromatic heterocycles. The van der Waals surface area contributed by atoms with Gasteiger partial charge in [-0.2, -0.15) is 4.31 Å². The third-order valence-electron chi connectivity index (χ3n) is 8.00. The molecule has 24 nitrogen and oxygen atoms in total. The number of carbonyl (C=O) groups is 3. The minimum atomic E-state index is -5.57. The first-order valence-corrected chi connectivity index (χ1v) is 22.0. The Hall–Kier alpha value is -2.96. The van der Waals surface area contributed by atoms with Crippen molar-refractivity contribution in [1.29, 1.82) is 0 Å². The molecular formula is C28H42N7O17P3S. The zero-order chi connectivity index (χ0) is 41.5. The zero-order valence-corrected chi connectivity index (χ0v) is 33.2. The van der Waals surface area contributed by atoms with Gasteiger partial charge in [0.25, 0.3) is 0 Å². The highest BCUT2D eigenvalue weighted by atomic mass is 32.2. The number of thioether (sulfide) groups is 1. The van der Waals surface area contributed by atoms with Gasteiger partial charge in [0.1, 0.15) is 36.3 Å². The third kappa shape index (κ3) is 13.0. The van der Waals surface area contributed by atoms with Gasteiger partial charge in [-0.15, -0.1) is 0 Å². The monoisotopic (exact) mass is 873 g/mol. The molecule has 2 aromatic rings. The number of hydrogen-bond donors (Lipinski definition) is 9. The number of aliphatic hydroxyl groups is 2. The van der Waals surface area contributed by atoms with Crippen molar-refractivity contribution in [3.8, 4) is 0 Å². The Kier molecular flexibility index (Phi) is 15.7. The SMILES string of the molecule is CC(C)(COP(=O)(O)OP(=O)(O)OCC1OC(n2cnc3c(N)ncnc32)C(O)C1OP(=O)(O)O)C(O)C(=O)NCCC(=O)NCCSC(=O)C1=CCC=CC1. The van der Waals surface area contributed by atoms with Gasteiger partial charge < -0.3 is 50.9 Å². The van der Waals surface area contributed by atoms with Crippen LogP contribution in [0.25, 0.3) is 11.2 Å². The van der Waals surface area contributed by atoms with Gasteiger partial charge in [0.05, 0.1) is 19.5 Å². The average Bonchev–Trinajstić information content (AvgIpc) is 3.68. The number of allylic oxidation sites excluding steroid dienone is 3. The van der Waals surface area contributed by atoms with E-state index in [1.807, 2.05) is 18.2 Å². The molecule has 1 fully saturated rings. The van der Waals surface area contributed by atoms with E-state index in [9.17, 15) is 57.9 Å². The molecule has 56 heavy (non-hydrogen) atoms. The number of nitrogens with two attached hydrogens (primary N) is 1. The van der Waals surface area contributed by atoms with E-state index >= 15 is 0 Å².